The fourth-order valence-electron chi connectivity index (χ4n) is 5.15. The van der Waals surface area contributed by atoms with Gasteiger partial charge in [0, 0.05) is 25.1 Å². The molecule has 0 radical (unpaired) electrons. The van der Waals surface area contributed by atoms with Crippen molar-refractivity contribution in [3.05, 3.63) is 34.9 Å². The summed E-state index contributed by atoms with van der Waals surface area (Å²) < 4.78 is 0. The molecule has 7 heteroatoms. The highest BCUT2D eigenvalue weighted by Crippen LogP contribution is 2.30. The summed E-state index contributed by atoms with van der Waals surface area (Å²) in [6.45, 7) is 3.29. The Morgan fingerprint density at radius 2 is 1.77 bits per heavy atom. The van der Waals surface area contributed by atoms with Crippen molar-refractivity contribution in [3.8, 4) is 0 Å². The van der Waals surface area contributed by atoms with Crippen molar-refractivity contribution in [2.24, 2.45) is 11.8 Å². The summed E-state index contributed by atoms with van der Waals surface area (Å²) in [5.41, 5.74) is 2.82. The number of carbonyl (C=O) groups excluding carboxylic acids is 3. The monoisotopic (exact) mass is 412 g/mol. The molecule has 162 valence electrons. The fourth-order valence-corrected chi connectivity index (χ4v) is 5.15. The van der Waals surface area contributed by atoms with E-state index >= 15 is 0 Å². The van der Waals surface area contributed by atoms with Crippen LogP contribution < -0.4 is 16.0 Å². The van der Waals surface area contributed by atoms with Crippen molar-refractivity contribution in [2.45, 2.75) is 57.7 Å². The minimum atomic E-state index is -0.559. The molecular weight excluding hydrogens is 380 g/mol. The van der Waals surface area contributed by atoms with Crippen LogP contribution in [0.1, 0.15) is 60.0 Å². The van der Waals surface area contributed by atoms with Crippen LogP contribution in [0.15, 0.2) is 18.2 Å². The van der Waals surface area contributed by atoms with Gasteiger partial charge in [-0.1, -0.05) is 12.1 Å². The normalized spacial score (nSPS) is 26.6. The lowest BCUT2D eigenvalue weighted by Crippen LogP contribution is -2.52. The zero-order chi connectivity index (χ0) is 21.1. The van der Waals surface area contributed by atoms with Gasteiger partial charge in [0.1, 0.15) is 6.04 Å². The first-order valence-corrected chi connectivity index (χ1v) is 11.2. The number of imide groups is 1. The van der Waals surface area contributed by atoms with Gasteiger partial charge in [0.15, 0.2) is 0 Å². The number of rotatable bonds is 7. The third kappa shape index (κ3) is 4.42. The minimum Gasteiger partial charge on any atom is -0.322 e. The molecule has 30 heavy (non-hydrogen) atoms. The van der Waals surface area contributed by atoms with Gasteiger partial charge in [0.2, 0.25) is 11.8 Å². The van der Waals surface area contributed by atoms with E-state index in [1.807, 2.05) is 19.2 Å². The SMILES string of the molecule is CNCC1CCC(CNCc2cccc3c2CN(C2CCC(=O)NC2=O)C3=O)CC1. The number of piperidine rings is 1. The summed E-state index contributed by atoms with van der Waals surface area (Å²) in [5.74, 6) is 0.805. The van der Waals surface area contributed by atoms with Crippen LogP contribution >= 0.6 is 0 Å². The van der Waals surface area contributed by atoms with E-state index in [0.717, 1.165) is 42.6 Å². The second-order valence-corrected chi connectivity index (χ2v) is 8.92. The van der Waals surface area contributed by atoms with Gasteiger partial charge in [-0.15, -0.1) is 0 Å². The van der Waals surface area contributed by atoms with E-state index in [4.69, 9.17) is 0 Å². The quantitative estimate of drug-likeness (QED) is 0.592. The van der Waals surface area contributed by atoms with Gasteiger partial charge in [-0.3, -0.25) is 19.7 Å². The summed E-state index contributed by atoms with van der Waals surface area (Å²) in [6.07, 6.45) is 5.81. The first-order valence-electron chi connectivity index (χ1n) is 11.2. The van der Waals surface area contributed by atoms with E-state index in [9.17, 15) is 14.4 Å². The fraction of sp³-hybridized carbons (Fsp3) is 0.609. The van der Waals surface area contributed by atoms with Crippen LogP contribution in [0.3, 0.4) is 0 Å². The van der Waals surface area contributed by atoms with E-state index in [0.29, 0.717) is 18.5 Å². The highest BCUT2D eigenvalue weighted by molar-refractivity contribution is 6.05. The Kier molecular flexibility index (Phi) is 6.49. The van der Waals surface area contributed by atoms with Crippen LogP contribution in [0.4, 0.5) is 0 Å². The average molecular weight is 413 g/mol. The maximum absolute atomic E-state index is 12.9. The van der Waals surface area contributed by atoms with Crippen LogP contribution in [-0.4, -0.2) is 48.8 Å². The van der Waals surface area contributed by atoms with E-state index in [1.165, 1.54) is 25.7 Å². The summed E-state index contributed by atoms with van der Waals surface area (Å²) in [7, 11) is 2.03. The molecule has 3 amide bonds. The van der Waals surface area contributed by atoms with Crippen LogP contribution in [0.2, 0.25) is 0 Å². The molecule has 3 N–H and O–H groups in total. The maximum Gasteiger partial charge on any atom is 0.255 e. The Balaban J connectivity index is 1.34. The Labute approximate surface area is 178 Å². The summed E-state index contributed by atoms with van der Waals surface area (Å²) in [4.78, 5) is 38.2. The zero-order valence-electron chi connectivity index (χ0n) is 17.7. The van der Waals surface area contributed by atoms with Gasteiger partial charge in [0.05, 0.1) is 0 Å². The molecule has 2 aliphatic heterocycles. The Hall–Kier alpha value is -2.25. The molecule has 0 aromatic heterocycles. The molecule has 2 fully saturated rings. The summed E-state index contributed by atoms with van der Waals surface area (Å²) >= 11 is 0. The van der Waals surface area contributed by atoms with Gasteiger partial charge in [-0.2, -0.15) is 0 Å². The van der Waals surface area contributed by atoms with Crippen molar-refractivity contribution in [2.75, 3.05) is 20.1 Å². The van der Waals surface area contributed by atoms with Gasteiger partial charge < -0.3 is 15.5 Å². The van der Waals surface area contributed by atoms with Gasteiger partial charge in [-0.25, -0.2) is 0 Å². The number of hydrogen-bond donors (Lipinski definition) is 3. The van der Waals surface area contributed by atoms with Crippen LogP contribution in [-0.2, 0) is 22.7 Å². The lowest BCUT2D eigenvalue weighted by atomic mass is 9.82. The van der Waals surface area contributed by atoms with Crippen LogP contribution in [0.25, 0.3) is 0 Å². The third-order valence-electron chi connectivity index (χ3n) is 6.89. The summed E-state index contributed by atoms with van der Waals surface area (Å²) in [5, 5.41) is 9.25. The molecule has 4 rings (SSSR count). The Morgan fingerprint density at radius 1 is 1.03 bits per heavy atom. The lowest BCUT2D eigenvalue weighted by molar-refractivity contribution is -0.136. The average Bonchev–Trinajstić information content (AvgIpc) is 3.07. The zero-order valence-corrected chi connectivity index (χ0v) is 17.7. The van der Waals surface area contributed by atoms with Gasteiger partial charge in [-0.05, 0) is 81.3 Å². The molecule has 2 heterocycles. The van der Waals surface area contributed by atoms with Crippen LogP contribution in [0, 0.1) is 11.8 Å². The maximum atomic E-state index is 12.9. The van der Waals surface area contributed by atoms with Crippen molar-refractivity contribution in [3.63, 3.8) is 0 Å². The third-order valence-corrected chi connectivity index (χ3v) is 6.89. The molecule has 1 saturated carbocycles. The van der Waals surface area contributed by atoms with Gasteiger partial charge >= 0.3 is 0 Å². The number of nitrogens with one attached hydrogen (secondary N) is 3. The molecule has 0 bridgehead atoms. The highest BCUT2D eigenvalue weighted by Gasteiger charge is 2.39. The summed E-state index contributed by atoms with van der Waals surface area (Å²) in [6, 6.07) is 5.27. The Bertz CT molecular complexity index is 817. The molecule has 3 aliphatic rings. The minimum absolute atomic E-state index is 0.107. The smallest absolute Gasteiger partial charge is 0.255 e. The number of hydrogen-bond acceptors (Lipinski definition) is 5. The van der Waals surface area contributed by atoms with Crippen molar-refractivity contribution < 1.29 is 14.4 Å². The first-order chi connectivity index (χ1) is 14.6. The number of carbonyl (C=O) groups is 3. The highest BCUT2D eigenvalue weighted by atomic mass is 16.2. The van der Waals surface area contributed by atoms with E-state index in [2.05, 4.69) is 22.0 Å². The molecule has 7 nitrogen and oxygen atoms in total. The van der Waals surface area contributed by atoms with Crippen LogP contribution in [0.5, 0.6) is 0 Å². The lowest BCUT2D eigenvalue weighted by Gasteiger charge is -2.29. The predicted octanol–water partition coefficient (Wildman–Crippen LogP) is 1.56. The molecule has 1 aliphatic carbocycles. The largest absolute Gasteiger partial charge is 0.322 e. The predicted molar refractivity (Wildman–Crippen MR) is 114 cm³/mol. The molecular formula is C23H32N4O3. The molecule has 1 aromatic carbocycles. The Morgan fingerprint density at radius 3 is 2.47 bits per heavy atom. The number of nitrogens with zero attached hydrogens (tertiary/aromatic N) is 1. The molecule has 1 unspecified atom stereocenters. The topological polar surface area (TPSA) is 90.5 Å². The molecule has 1 atom stereocenters. The van der Waals surface area contributed by atoms with Crippen molar-refractivity contribution >= 4 is 17.7 Å². The second kappa shape index (κ2) is 9.27. The van der Waals surface area contributed by atoms with E-state index in [1.54, 1.807) is 4.90 Å². The van der Waals surface area contributed by atoms with Crippen molar-refractivity contribution in [1.82, 2.24) is 20.9 Å². The first kappa shape index (κ1) is 21.0. The number of benzene rings is 1. The molecule has 1 aromatic rings. The molecule has 1 saturated heterocycles. The number of amides is 3. The number of fused-ring (bicyclic) bond motifs is 1. The standard InChI is InChI=1S/C23H32N4O3/c1-24-11-15-5-7-16(8-6-15)12-25-13-17-3-2-4-18-19(17)14-27(23(18)30)20-9-10-21(28)26-22(20)29/h2-4,15-16,20,24-25H,5-14H2,1H3,(H,26,28,29). The van der Waals surface area contributed by atoms with E-state index < -0.39 is 6.04 Å². The molecule has 0 spiro atoms. The van der Waals surface area contributed by atoms with Crippen molar-refractivity contribution in [1.29, 1.82) is 0 Å². The van der Waals surface area contributed by atoms with E-state index in [-0.39, 0.29) is 24.1 Å². The van der Waals surface area contributed by atoms with Gasteiger partial charge in [0.25, 0.3) is 5.91 Å². The second-order valence-electron chi connectivity index (χ2n) is 8.92.